The van der Waals surface area contributed by atoms with Crippen molar-refractivity contribution in [2.24, 2.45) is 22.9 Å². The van der Waals surface area contributed by atoms with Crippen LogP contribution in [0.15, 0.2) is 67.3 Å². The van der Waals surface area contributed by atoms with E-state index < -0.39 is 316 Å². The van der Waals surface area contributed by atoms with Crippen LogP contribution >= 0.6 is 25.3 Å². The Hall–Kier alpha value is -14.6. The summed E-state index contributed by atoms with van der Waals surface area (Å²) in [7, 11) is 0. The minimum atomic E-state index is -1.86. The molecule has 57 nitrogen and oxygen atoms in total. The van der Waals surface area contributed by atoms with Crippen molar-refractivity contribution in [2.45, 2.75) is 200 Å². The number of fused-ring (bicyclic) bond motifs is 1. The third kappa shape index (κ3) is 39.2. The van der Waals surface area contributed by atoms with Crippen LogP contribution in [0.4, 0.5) is 0 Å². The third-order valence-electron chi connectivity index (χ3n) is 21.6. The standard InChI is InChI=1S/C83H125N29O28S2/c1-38(98-73(131)53(31-113)106-76(134)58(36-142)110-77(135)59-13-8-22-112(59)80(138)56(34-116)108-71(129)51(24-42-26-93-46-10-5-4-9-45(42)46)104-74(132)55(33-115)107-78(136)64(85)39(2)117)66(124)105-54(32-114)75(133)109-57(35-141)67(125)96-29-62(122)94-28-61(121)95-30-63(123)99-52(25-43-27-90-37-97-43)72(130)103-50(23-41-14-16-44(119)17-15-41)70(128)101-48(18-19-60(84)120)68(126)100-47(11-6-20-91-82(86)87)69(127)111-65(40(3)118)79(137)102-49(81(139)140)12-7-21-92-83(88)89/h4-5,9-10,14-17,26-27,37-40,47-59,64-65,93,113-119,141-142H,6-8,11-13,18-25,28-36,85H2,1-3H3,(H2,84,120)(H,90,97)(H,94,122)(H,95,121)(H,96,125)(H,98,131)(H,99,123)(H,100,126)(H,101,128)(H,102,137)(H,103,130)(H,104,132)(H,105,124)(H,106,134)(H,107,136)(H,108,129)(H,109,133)(H,110,135)(H,111,127)(H,139,140)(H4,86,87,91)(H4,88,89,92)/t38-,39+,40+,47-,48-,49-,50-,51-,52-,53-,54-,55-,56-,57-,58-,59-,64-,65-/m0/s1. The molecule has 0 aliphatic carbocycles. The summed E-state index contributed by atoms with van der Waals surface area (Å²) in [6.07, 6.45) is -1.49. The number of aliphatic hydroxyl groups is 6. The number of aliphatic hydroxyl groups excluding tert-OH is 6. The van der Waals surface area contributed by atoms with Gasteiger partial charge in [-0.25, -0.2) is 9.78 Å². The van der Waals surface area contributed by atoms with Gasteiger partial charge in [0.25, 0.3) is 0 Å². The fraction of sp³-hybridized carbons (Fsp3) is 0.530. The predicted octanol–water partition coefficient (Wildman–Crippen LogP) is -15.4. The number of nitrogens with one attached hydrogen (secondary N) is 23. The van der Waals surface area contributed by atoms with Crippen LogP contribution in [0.5, 0.6) is 5.75 Å². The van der Waals surface area contributed by atoms with Gasteiger partial charge in [-0.1, -0.05) is 30.3 Å². The van der Waals surface area contributed by atoms with Gasteiger partial charge in [0.1, 0.15) is 102 Å². The molecule has 19 amide bonds. The lowest BCUT2D eigenvalue weighted by atomic mass is 10.0. The van der Waals surface area contributed by atoms with Crippen molar-refractivity contribution in [1.29, 1.82) is 10.8 Å². The zero-order chi connectivity index (χ0) is 106. The quantitative estimate of drug-likeness (QED) is 0.00845. The van der Waals surface area contributed by atoms with Crippen LogP contribution in [0.2, 0.25) is 0 Å². The van der Waals surface area contributed by atoms with Crippen LogP contribution in [0.1, 0.15) is 89.0 Å². The Labute approximate surface area is 821 Å². The summed E-state index contributed by atoms with van der Waals surface area (Å²) >= 11 is 8.24. The number of carbonyl (C=O) groups is 20. The number of aromatic amines is 2. The fourth-order valence-corrected chi connectivity index (χ4v) is 14.2. The number of phenols is 1. The van der Waals surface area contributed by atoms with Crippen LogP contribution in [0, 0.1) is 10.8 Å². The number of nitrogens with two attached hydrogens (primary N) is 4. The summed E-state index contributed by atoms with van der Waals surface area (Å²) in [4.78, 5) is 282. The summed E-state index contributed by atoms with van der Waals surface area (Å²) in [5, 5.41) is 141. The lowest BCUT2D eigenvalue weighted by Gasteiger charge is -2.30. The van der Waals surface area contributed by atoms with Gasteiger partial charge in [0.2, 0.25) is 112 Å². The van der Waals surface area contributed by atoms with Gasteiger partial charge in [-0.2, -0.15) is 25.3 Å². The van der Waals surface area contributed by atoms with Crippen LogP contribution in [-0.2, 0) is 115 Å². The van der Waals surface area contributed by atoms with Crippen molar-refractivity contribution in [2.75, 3.05) is 77.2 Å². The summed E-state index contributed by atoms with van der Waals surface area (Å²) in [6.45, 7) is -3.61. The Bertz CT molecular complexity index is 5060. The molecule has 782 valence electrons. The van der Waals surface area contributed by atoms with Crippen molar-refractivity contribution in [3.63, 3.8) is 0 Å². The van der Waals surface area contributed by atoms with Gasteiger partial charge < -0.3 is 180 Å². The molecule has 1 aliphatic rings. The van der Waals surface area contributed by atoms with Gasteiger partial charge in [-0.3, -0.25) is 102 Å². The number of amides is 19. The predicted molar refractivity (Wildman–Crippen MR) is 504 cm³/mol. The molecule has 2 aromatic heterocycles. The van der Waals surface area contributed by atoms with E-state index >= 15 is 0 Å². The third-order valence-corrected chi connectivity index (χ3v) is 22.3. The van der Waals surface area contributed by atoms with Crippen molar-refractivity contribution >= 4 is 166 Å². The van der Waals surface area contributed by atoms with Crippen LogP contribution < -0.4 is 124 Å². The number of guanidine groups is 2. The number of hydrogen-bond acceptors (Lipinski definition) is 33. The molecule has 59 heteroatoms. The van der Waals surface area contributed by atoms with E-state index in [-0.39, 0.29) is 88.0 Å². The molecule has 39 N–H and O–H groups in total. The van der Waals surface area contributed by atoms with E-state index in [1.165, 1.54) is 43.7 Å². The molecule has 0 spiro atoms. The van der Waals surface area contributed by atoms with Gasteiger partial charge >= 0.3 is 5.97 Å². The number of hydrogen-bond donors (Lipinski definition) is 37. The summed E-state index contributed by atoms with van der Waals surface area (Å²) in [5.41, 5.74) is 23.5. The molecule has 1 fully saturated rings. The first-order chi connectivity index (χ1) is 67.3. The maximum Gasteiger partial charge on any atom is 0.326 e. The van der Waals surface area contributed by atoms with Gasteiger partial charge in [-0.15, -0.1) is 0 Å². The van der Waals surface area contributed by atoms with E-state index in [0.717, 1.165) is 18.7 Å². The van der Waals surface area contributed by atoms with Gasteiger partial charge in [-0.05, 0) is 95.0 Å². The zero-order valence-electron chi connectivity index (χ0n) is 77.3. The number of rotatable bonds is 61. The van der Waals surface area contributed by atoms with Gasteiger partial charge in [0, 0.05) is 85.8 Å². The number of phenolic OH excluding ortho intramolecular Hbond substituents is 1. The van der Waals surface area contributed by atoms with Crippen molar-refractivity contribution in [1.82, 2.24) is 121 Å². The normalized spacial score (nSPS) is 15.7. The van der Waals surface area contributed by atoms with Gasteiger partial charge in [0.05, 0.1) is 64.6 Å². The highest BCUT2D eigenvalue weighted by Gasteiger charge is 2.43. The molecule has 0 radical (unpaired) electrons. The number of imidazole rings is 1. The first-order valence-electron chi connectivity index (χ1n) is 44.4. The number of para-hydroxylation sites is 1. The van der Waals surface area contributed by atoms with Crippen molar-refractivity contribution < 1.29 is 137 Å². The van der Waals surface area contributed by atoms with Crippen LogP contribution in [-0.4, -0.2) is 377 Å². The fourth-order valence-electron chi connectivity index (χ4n) is 13.7. The maximum absolute atomic E-state index is 14.6. The molecule has 1 aliphatic heterocycles. The lowest BCUT2D eigenvalue weighted by Crippen LogP contribution is -2.61. The SMILES string of the molecule is C[C@H](NC(=O)[C@H](CO)NC(=O)[C@H](CS)NC(=O)[C@@H]1CCCN1C(=O)[C@H](CO)NC(=O)[C@H](Cc1c[nH]c2ccccc12)NC(=O)[C@H](CO)NC(=O)[C@@H](N)[C@@H](C)O)C(=O)N[C@@H](CO)C(=O)N[C@@H](CS)C(=O)NCC(=O)NCC(=O)NCC(=O)N[C@@H](Cc1cnc[nH]1)C(=O)N[C@@H](Cc1ccc(O)cc1)C(=O)N[C@@H](CCC(N)=O)C(=O)N[C@@H](CCCNC(=N)N)C(=O)N[C@H](C(=O)N[C@@H](CCCNC(=N)N)C(=O)O)[C@@H](C)O. The average molecular weight is 2040 g/mol. The number of likely N-dealkylation sites (tertiary alicyclic amines) is 1. The number of carbonyl (C=O) groups excluding carboxylic acids is 19. The second kappa shape index (κ2) is 59.7. The number of aromatic nitrogens is 3. The highest BCUT2D eigenvalue weighted by Crippen LogP contribution is 2.23. The lowest BCUT2D eigenvalue weighted by molar-refractivity contribution is -0.143. The number of aliphatic carboxylic acids is 1. The number of benzene rings is 2. The second-order valence-corrected chi connectivity index (χ2v) is 33.3. The molecule has 0 bridgehead atoms. The molecular formula is C83H125N29O28S2. The number of nitrogens with zero attached hydrogens (tertiary/aromatic N) is 2. The van der Waals surface area contributed by atoms with E-state index in [1.54, 1.807) is 30.5 Å². The summed E-state index contributed by atoms with van der Waals surface area (Å²) in [5.74, 6) is -24.1. The molecule has 2 aromatic carbocycles. The Morgan fingerprint density at radius 1 is 0.472 bits per heavy atom. The Kier molecular flexibility index (Phi) is 49.5. The molecule has 0 saturated carbocycles. The maximum atomic E-state index is 14.6. The highest BCUT2D eigenvalue weighted by molar-refractivity contribution is 7.80. The van der Waals surface area contributed by atoms with E-state index in [1.807, 2.05) is 0 Å². The van der Waals surface area contributed by atoms with Crippen molar-refractivity contribution in [3.05, 3.63) is 84.1 Å². The summed E-state index contributed by atoms with van der Waals surface area (Å²) < 4.78 is 0. The molecule has 0 unspecified atom stereocenters. The number of carboxylic acid groups (broad SMARTS) is 1. The Morgan fingerprint density at radius 2 is 0.923 bits per heavy atom. The number of carboxylic acids is 1. The first kappa shape index (κ1) is 118. The average Bonchev–Trinajstić information content (AvgIpc) is 1.66. The number of primary amides is 1. The minimum Gasteiger partial charge on any atom is -0.508 e. The molecule has 18 atom stereocenters. The smallest absolute Gasteiger partial charge is 0.326 e. The Balaban J connectivity index is 1.14. The molecule has 1 saturated heterocycles. The van der Waals surface area contributed by atoms with Crippen LogP contribution in [0.3, 0.4) is 0 Å². The topological polar surface area (TPSA) is 931 Å². The minimum absolute atomic E-state index is 0.0137. The highest BCUT2D eigenvalue weighted by atomic mass is 32.1. The van der Waals surface area contributed by atoms with Gasteiger partial charge in [0.15, 0.2) is 11.9 Å². The largest absolute Gasteiger partial charge is 0.508 e. The monoisotopic (exact) mass is 2040 g/mol. The molecule has 3 heterocycles. The van der Waals surface area contributed by atoms with E-state index in [2.05, 4.69) is 141 Å². The van der Waals surface area contributed by atoms with Crippen molar-refractivity contribution in [3.8, 4) is 5.75 Å². The number of thiol groups is 2. The second-order valence-electron chi connectivity index (χ2n) is 32.6. The molecule has 5 rings (SSSR count). The molecular weight excluding hydrogens is 1920 g/mol. The zero-order valence-corrected chi connectivity index (χ0v) is 79.1. The number of aromatic hydroxyl groups is 1. The molecule has 142 heavy (non-hydrogen) atoms. The van der Waals surface area contributed by atoms with Crippen LogP contribution in [0.25, 0.3) is 10.9 Å². The van der Waals surface area contributed by atoms with E-state index in [9.17, 15) is 137 Å². The molecule has 4 aromatic rings. The van der Waals surface area contributed by atoms with E-state index in [4.69, 9.17) is 33.8 Å². The summed E-state index contributed by atoms with van der Waals surface area (Å²) in [6, 6.07) is -14.5. The first-order valence-corrected chi connectivity index (χ1v) is 45.6. The number of H-pyrrole nitrogens is 2. The Morgan fingerprint density at radius 3 is 1.45 bits per heavy atom. The van der Waals surface area contributed by atoms with E-state index in [0.29, 0.717) is 16.5 Å².